The molecule has 82 valence electrons. The Hall–Kier alpha value is -1.23. The molecule has 1 unspecified atom stereocenters. The molecule has 1 N–H and O–H groups in total. The zero-order chi connectivity index (χ0) is 11.3. The topological polar surface area (TPSA) is 54.4 Å². The molecule has 0 amide bonds. The monoisotopic (exact) mass is 230 g/mol. The van der Waals surface area contributed by atoms with E-state index < -0.39 is 23.4 Å². The van der Waals surface area contributed by atoms with Crippen LogP contribution in [0.2, 0.25) is 0 Å². The number of aromatic carboxylic acids is 1. The highest BCUT2D eigenvalue weighted by molar-refractivity contribution is 7.85. The number of hydrogen-bond acceptors (Lipinski definition) is 2. The van der Waals surface area contributed by atoms with Gasteiger partial charge in [0.25, 0.3) is 0 Å². The summed E-state index contributed by atoms with van der Waals surface area (Å²) in [4.78, 5) is 11.1. The minimum absolute atomic E-state index is 0.0982. The number of benzene rings is 1. The number of carboxylic acid groups (broad SMARTS) is 1. The van der Waals surface area contributed by atoms with Crippen LogP contribution in [-0.4, -0.2) is 27.7 Å². The van der Waals surface area contributed by atoms with Gasteiger partial charge in [0.05, 0.1) is 23.0 Å². The zero-order valence-electron chi connectivity index (χ0n) is 7.98. The highest BCUT2D eigenvalue weighted by atomic mass is 32.2. The van der Waals surface area contributed by atoms with E-state index in [-0.39, 0.29) is 17.7 Å². The molecule has 0 spiro atoms. The lowest BCUT2D eigenvalue weighted by Crippen LogP contribution is -2.02. The number of rotatable bonds is 5. The van der Waals surface area contributed by atoms with Crippen molar-refractivity contribution in [3.05, 3.63) is 29.8 Å². The standard InChI is InChI=1S/C10H11FO3S/c11-5-2-6-15(14)9-4-1-3-8(7-9)10(12)13/h1,3-4,7H,2,5-6H2,(H,12,13). The van der Waals surface area contributed by atoms with Crippen LogP contribution in [0.25, 0.3) is 0 Å². The Morgan fingerprint density at radius 3 is 2.80 bits per heavy atom. The molecule has 1 atom stereocenters. The smallest absolute Gasteiger partial charge is 0.335 e. The summed E-state index contributed by atoms with van der Waals surface area (Å²) in [6.45, 7) is -0.510. The Morgan fingerprint density at radius 1 is 1.47 bits per heavy atom. The molecule has 1 rings (SSSR count). The van der Waals surface area contributed by atoms with Gasteiger partial charge in [-0.25, -0.2) is 4.79 Å². The quantitative estimate of drug-likeness (QED) is 0.839. The van der Waals surface area contributed by atoms with Crippen molar-refractivity contribution in [3.63, 3.8) is 0 Å². The Bertz CT molecular complexity index is 379. The second kappa shape index (κ2) is 5.60. The Kier molecular flexibility index (Phi) is 4.42. The third-order valence-electron chi connectivity index (χ3n) is 1.81. The van der Waals surface area contributed by atoms with E-state index in [1.807, 2.05) is 0 Å². The molecular formula is C10H11FO3S. The van der Waals surface area contributed by atoms with Crippen molar-refractivity contribution in [1.29, 1.82) is 0 Å². The lowest BCUT2D eigenvalue weighted by molar-refractivity contribution is 0.0696. The molecule has 0 saturated carbocycles. The number of halogens is 1. The van der Waals surface area contributed by atoms with Crippen LogP contribution in [0.3, 0.4) is 0 Å². The maximum absolute atomic E-state index is 11.8. The minimum Gasteiger partial charge on any atom is -0.478 e. The van der Waals surface area contributed by atoms with Gasteiger partial charge in [0.15, 0.2) is 0 Å². The van der Waals surface area contributed by atoms with E-state index in [2.05, 4.69) is 0 Å². The SMILES string of the molecule is O=C(O)c1cccc(S(=O)CCCF)c1. The molecule has 0 saturated heterocycles. The van der Waals surface area contributed by atoms with Gasteiger partial charge >= 0.3 is 5.97 Å². The van der Waals surface area contributed by atoms with Crippen LogP contribution >= 0.6 is 0 Å². The third kappa shape index (κ3) is 3.43. The summed E-state index contributed by atoms with van der Waals surface area (Å²) in [6, 6.07) is 5.90. The van der Waals surface area contributed by atoms with Gasteiger partial charge in [0.1, 0.15) is 0 Å². The van der Waals surface area contributed by atoms with Crippen molar-refractivity contribution in [3.8, 4) is 0 Å². The van der Waals surface area contributed by atoms with Gasteiger partial charge in [-0.15, -0.1) is 0 Å². The molecule has 0 bridgehead atoms. The van der Waals surface area contributed by atoms with E-state index in [0.29, 0.717) is 4.90 Å². The first-order valence-electron chi connectivity index (χ1n) is 4.43. The molecule has 0 heterocycles. The Labute approximate surface area is 89.4 Å². The van der Waals surface area contributed by atoms with E-state index >= 15 is 0 Å². The van der Waals surface area contributed by atoms with Crippen LogP contribution in [-0.2, 0) is 10.8 Å². The summed E-state index contributed by atoms with van der Waals surface area (Å²) in [7, 11) is -1.31. The van der Waals surface area contributed by atoms with E-state index in [4.69, 9.17) is 5.11 Å². The summed E-state index contributed by atoms with van der Waals surface area (Å²) >= 11 is 0. The molecule has 0 aliphatic carbocycles. The maximum Gasteiger partial charge on any atom is 0.335 e. The largest absolute Gasteiger partial charge is 0.478 e. The predicted molar refractivity (Wildman–Crippen MR) is 55.3 cm³/mol. The molecule has 0 aliphatic heterocycles. The first-order chi connectivity index (χ1) is 7.15. The van der Waals surface area contributed by atoms with E-state index in [0.717, 1.165) is 0 Å². The average molecular weight is 230 g/mol. The summed E-state index contributed by atoms with van der Waals surface area (Å²) < 4.78 is 23.4. The second-order valence-electron chi connectivity index (χ2n) is 2.93. The molecule has 1 aromatic rings. The molecular weight excluding hydrogens is 219 g/mol. The van der Waals surface area contributed by atoms with Crippen molar-refractivity contribution in [1.82, 2.24) is 0 Å². The van der Waals surface area contributed by atoms with Crippen LogP contribution < -0.4 is 0 Å². The Balaban J connectivity index is 2.81. The summed E-state index contributed by atoms with van der Waals surface area (Å²) in [6.07, 6.45) is 0.226. The van der Waals surface area contributed by atoms with Crippen molar-refractivity contribution in [2.75, 3.05) is 12.4 Å². The highest BCUT2D eigenvalue weighted by Gasteiger charge is 2.07. The van der Waals surface area contributed by atoms with Crippen molar-refractivity contribution in [2.24, 2.45) is 0 Å². The number of alkyl halides is 1. The van der Waals surface area contributed by atoms with Gasteiger partial charge < -0.3 is 5.11 Å². The molecule has 5 heteroatoms. The molecule has 15 heavy (non-hydrogen) atoms. The van der Waals surface area contributed by atoms with E-state index in [1.165, 1.54) is 18.2 Å². The van der Waals surface area contributed by atoms with Crippen LogP contribution in [0.5, 0.6) is 0 Å². The first kappa shape index (κ1) is 11.8. The highest BCUT2D eigenvalue weighted by Crippen LogP contribution is 2.10. The third-order valence-corrected chi connectivity index (χ3v) is 3.25. The van der Waals surface area contributed by atoms with Gasteiger partial charge in [0.2, 0.25) is 0 Å². The summed E-state index contributed by atoms with van der Waals surface area (Å²) in [5, 5.41) is 8.71. The molecule has 0 aliphatic rings. The van der Waals surface area contributed by atoms with Crippen LogP contribution in [0.4, 0.5) is 4.39 Å². The number of carboxylic acids is 1. The molecule has 0 aromatic heterocycles. The fraction of sp³-hybridized carbons (Fsp3) is 0.300. The van der Waals surface area contributed by atoms with E-state index in [9.17, 15) is 13.4 Å². The fourth-order valence-electron chi connectivity index (χ4n) is 1.07. The van der Waals surface area contributed by atoms with Crippen molar-refractivity contribution < 1.29 is 18.5 Å². The fourth-order valence-corrected chi connectivity index (χ4v) is 2.17. The van der Waals surface area contributed by atoms with Crippen molar-refractivity contribution in [2.45, 2.75) is 11.3 Å². The van der Waals surface area contributed by atoms with Gasteiger partial charge in [0, 0.05) is 10.6 Å². The molecule has 3 nitrogen and oxygen atoms in total. The lowest BCUT2D eigenvalue weighted by atomic mass is 10.2. The van der Waals surface area contributed by atoms with Crippen LogP contribution in [0, 0.1) is 0 Å². The number of hydrogen-bond donors (Lipinski definition) is 1. The zero-order valence-corrected chi connectivity index (χ0v) is 8.80. The average Bonchev–Trinajstić information content (AvgIpc) is 2.26. The van der Waals surface area contributed by atoms with E-state index in [1.54, 1.807) is 6.07 Å². The summed E-state index contributed by atoms with van der Waals surface area (Å²) in [5.74, 6) is -0.834. The molecule has 0 radical (unpaired) electrons. The molecule has 0 fully saturated rings. The van der Waals surface area contributed by atoms with Crippen LogP contribution in [0.1, 0.15) is 16.8 Å². The van der Waals surface area contributed by atoms with Crippen LogP contribution in [0.15, 0.2) is 29.2 Å². The first-order valence-corrected chi connectivity index (χ1v) is 5.74. The predicted octanol–water partition coefficient (Wildman–Crippen LogP) is 1.85. The van der Waals surface area contributed by atoms with Gasteiger partial charge in [-0.05, 0) is 24.6 Å². The number of carbonyl (C=O) groups is 1. The van der Waals surface area contributed by atoms with Gasteiger partial charge in [-0.3, -0.25) is 8.60 Å². The molecule has 1 aromatic carbocycles. The lowest BCUT2D eigenvalue weighted by Gasteiger charge is -2.01. The Morgan fingerprint density at radius 2 is 2.20 bits per heavy atom. The summed E-state index contributed by atoms with van der Waals surface area (Å²) in [5.41, 5.74) is 0.0982. The maximum atomic E-state index is 11.8. The van der Waals surface area contributed by atoms with Gasteiger partial charge in [-0.2, -0.15) is 0 Å². The van der Waals surface area contributed by atoms with Gasteiger partial charge in [-0.1, -0.05) is 6.07 Å². The minimum atomic E-state index is -1.31. The normalized spacial score (nSPS) is 12.3. The second-order valence-corrected chi connectivity index (χ2v) is 4.50. The van der Waals surface area contributed by atoms with Crippen molar-refractivity contribution >= 4 is 16.8 Å².